The molecule has 0 amide bonds. The summed E-state index contributed by atoms with van der Waals surface area (Å²) < 4.78 is 5.72. The van der Waals surface area contributed by atoms with Gasteiger partial charge in [0, 0.05) is 17.0 Å². The van der Waals surface area contributed by atoms with Crippen LogP contribution >= 0.6 is 23.2 Å². The van der Waals surface area contributed by atoms with E-state index in [4.69, 9.17) is 27.9 Å². The fourth-order valence-electron chi connectivity index (χ4n) is 1.38. The monoisotopic (exact) mass is 275 g/mol. The van der Waals surface area contributed by atoms with Gasteiger partial charge in [-0.3, -0.25) is 0 Å². The Labute approximate surface area is 113 Å². The predicted molar refractivity (Wildman–Crippen MR) is 74.3 cm³/mol. The third-order valence-electron chi connectivity index (χ3n) is 2.37. The molecule has 0 unspecified atom stereocenters. The molecule has 0 saturated heterocycles. The van der Waals surface area contributed by atoms with Gasteiger partial charge in [0.25, 0.3) is 0 Å². The van der Waals surface area contributed by atoms with E-state index in [0.29, 0.717) is 22.4 Å². The van der Waals surface area contributed by atoms with Gasteiger partial charge in [-0.2, -0.15) is 0 Å². The highest BCUT2D eigenvalue weighted by atomic mass is 35.5. The Kier molecular flexibility index (Phi) is 5.57. The summed E-state index contributed by atoms with van der Waals surface area (Å²) in [6, 6.07) is 5.27. The van der Waals surface area contributed by atoms with Crippen molar-refractivity contribution in [2.45, 2.75) is 20.8 Å². The van der Waals surface area contributed by atoms with Gasteiger partial charge in [0.15, 0.2) is 0 Å². The molecule has 0 radical (unpaired) electrons. The number of nitrogens with one attached hydrogen (secondary N) is 1. The number of hydrogen-bond acceptors (Lipinski definition) is 2. The number of halogens is 2. The quantitative estimate of drug-likeness (QED) is 0.847. The SMILES string of the molecule is CCNCC(C)(C)COc1ccc(Cl)cc1Cl. The van der Waals surface area contributed by atoms with Crippen molar-refractivity contribution in [1.82, 2.24) is 5.32 Å². The van der Waals surface area contributed by atoms with Gasteiger partial charge < -0.3 is 10.1 Å². The van der Waals surface area contributed by atoms with E-state index in [1.165, 1.54) is 0 Å². The molecule has 0 aliphatic rings. The van der Waals surface area contributed by atoms with Crippen molar-refractivity contribution < 1.29 is 4.74 Å². The zero-order chi connectivity index (χ0) is 12.9. The molecule has 0 aliphatic heterocycles. The van der Waals surface area contributed by atoms with Crippen molar-refractivity contribution in [2.75, 3.05) is 19.7 Å². The molecule has 0 aromatic heterocycles. The minimum atomic E-state index is 0.0684. The van der Waals surface area contributed by atoms with E-state index in [9.17, 15) is 0 Å². The molecule has 0 spiro atoms. The van der Waals surface area contributed by atoms with Crippen LogP contribution in [0.2, 0.25) is 10.0 Å². The lowest BCUT2D eigenvalue weighted by molar-refractivity contribution is 0.177. The zero-order valence-electron chi connectivity index (χ0n) is 10.5. The molecule has 96 valence electrons. The van der Waals surface area contributed by atoms with E-state index in [2.05, 4.69) is 26.1 Å². The predicted octanol–water partition coefficient (Wildman–Crippen LogP) is 4.01. The van der Waals surface area contributed by atoms with Crippen molar-refractivity contribution in [3.63, 3.8) is 0 Å². The third-order valence-corrected chi connectivity index (χ3v) is 2.90. The fraction of sp³-hybridized carbons (Fsp3) is 0.538. The summed E-state index contributed by atoms with van der Waals surface area (Å²) in [7, 11) is 0. The summed E-state index contributed by atoms with van der Waals surface area (Å²) in [6.07, 6.45) is 0. The Morgan fingerprint density at radius 1 is 1.29 bits per heavy atom. The highest BCUT2D eigenvalue weighted by Gasteiger charge is 2.18. The molecule has 17 heavy (non-hydrogen) atoms. The molecule has 0 saturated carbocycles. The molecule has 2 nitrogen and oxygen atoms in total. The van der Waals surface area contributed by atoms with Crippen LogP contribution in [-0.4, -0.2) is 19.7 Å². The molecule has 1 rings (SSSR count). The second-order valence-corrected chi connectivity index (χ2v) is 5.65. The molecule has 0 aliphatic carbocycles. The lowest BCUT2D eigenvalue weighted by atomic mass is 9.95. The van der Waals surface area contributed by atoms with Crippen LogP contribution in [-0.2, 0) is 0 Å². The van der Waals surface area contributed by atoms with Crippen LogP contribution in [0.5, 0.6) is 5.75 Å². The van der Waals surface area contributed by atoms with Crippen molar-refractivity contribution >= 4 is 23.2 Å². The molecular formula is C13H19Cl2NO. The third kappa shape index (κ3) is 5.15. The van der Waals surface area contributed by atoms with Gasteiger partial charge in [0.1, 0.15) is 5.75 Å². The first-order valence-electron chi connectivity index (χ1n) is 5.73. The van der Waals surface area contributed by atoms with Gasteiger partial charge in [-0.25, -0.2) is 0 Å². The molecule has 1 N–H and O–H groups in total. The van der Waals surface area contributed by atoms with Gasteiger partial charge in [-0.15, -0.1) is 0 Å². The van der Waals surface area contributed by atoms with E-state index < -0.39 is 0 Å². The fourth-order valence-corrected chi connectivity index (χ4v) is 1.84. The maximum atomic E-state index is 6.04. The summed E-state index contributed by atoms with van der Waals surface area (Å²) >= 11 is 11.9. The molecule has 0 atom stereocenters. The number of benzene rings is 1. The topological polar surface area (TPSA) is 21.3 Å². The van der Waals surface area contributed by atoms with Crippen LogP contribution in [0.25, 0.3) is 0 Å². The maximum Gasteiger partial charge on any atom is 0.138 e. The van der Waals surface area contributed by atoms with E-state index >= 15 is 0 Å². The first-order valence-corrected chi connectivity index (χ1v) is 6.49. The van der Waals surface area contributed by atoms with Gasteiger partial charge >= 0.3 is 0 Å². The van der Waals surface area contributed by atoms with Gasteiger partial charge in [0.05, 0.1) is 11.6 Å². The molecular weight excluding hydrogens is 257 g/mol. The first-order chi connectivity index (χ1) is 7.94. The van der Waals surface area contributed by atoms with E-state index in [1.54, 1.807) is 18.2 Å². The molecule has 0 bridgehead atoms. The second kappa shape index (κ2) is 6.48. The standard InChI is InChI=1S/C13H19Cl2NO/c1-4-16-8-13(2,3)9-17-12-6-5-10(14)7-11(12)15/h5-7,16H,4,8-9H2,1-3H3. The zero-order valence-corrected chi connectivity index (χ0v) is 12.0. The largest absolute Gasteiger partial charge is 0.491 e. The normalized spacial score (nSPS) is 11.6. The summed E-state index contributed by atoms with van der Waals surface area (Å²) in [6.45, 7) is 8.88. The van der Waals surface area contributed by atoms with Crippen molar-refractivity contribution in [3.05, 3.63) is 28.2 Å². The number of rotatable bonds is 6. The van der Waals surface area contributed by atoms with Crippen LogP contribution in [0.1, 0.15) is 20.8 Å². The summed E-state index contributed by atoms with van der Waals surface area (Å²) in [4.78, 5) is 0. The van der Waals surface area contributed by atoms with Crippen molar-refractivity contribution in [2.24, 2.45) is 5.41 Å². The molecule has 4 heteroatoms. The number of ether oxygens (including phenoxy) is 1. The Hall–Kier alpha value is -0.440. The van der Waals surface area contributed by atoms with E-state index in [1.807, 2.05) is 0 Å². The van der Waals surface area contributed by atoms with Crippen molar-refractivity contribution in [3.8, 4) is 5.75 Å². The maximum absolute atomic E-state index is 6.04. The summed E-state index contributed by atoms with van der Waals surface area (Å²) in [5.41, 5.74) is 0.0684. The Morgan fingerprint density at radius 3 is 2.59 bits per heavy atom. The van der Waals surface area contributed by atoms with E-state index in [0.717, 1.165) is 13.1 Å². The summed E-state index contributed by atoms with van der Waals surface area (Å²) in [5, 5.41) is 4.49. The first kappa shape index (κ1) is 14.6. The highest BCUT2D eigenvalue weighted by Crippen LogP contribution is 2.28. The van der Waals surface area contributed by atoms with Gasteiger partial charge in [-0.05, 0) is 24.7 Å². The van der Waals surface area contributed by atoms with Crippen LogP contribution < -0.4 is 10.1 Å². The Bertz CT molecular complexity index is 366. The highest BCUT2D eigenvalue weighted by molar-refractivity contribution is 6.35. The average molecular weight is 276 g/mol. The Balaban J connectivity index is 2.54. The van der Waals surface area contributed by atoms with Gasteiger partial charge in [0.2, 0.25) is 0 Å². The molecule has 0 fully saturated rings. The second-order valence-electron chi connectivity index (χ2n) is 4.81. The van der Waals surface area contributed by atoms with E-state index in [-0.39, 0.29) is 5.41 Å². The molecule has 0 heterocycles. The summed E-state index contributed by atoms with van der Waals surface area (Å²) in [5.74, 6) is 0.681. The minimum Gasteiger partial charge on any atom is -0.491 e. The van der Waals surface area contributed by atoms with Crippen LogP contribution in [0.4, 0.5) is 0 Å². The molecule has 1 aromatic carbocycles. The smallest absolute Gasteiger partial charge is 0.138 e. The molecule has 1 aromatic rings. The van der Waals surface area contributed by atoms with Crippen LogP contribution in [0.15, 0.2) is 18.2 Å². The van der Waals surface area contributed by atoms with Crippen molar-refractivity contribution in [1.29, 1.82) is 0 Å². The van der Waals surface area contributed by atoms with Crippen LogP contribution in [0, 0.1) is 5.41 Å². The average Bonchev–Trinajstić information content (AvgIpc) is 2.25. The Morgan fingerprint density at radius 2 is 2.00 bits per heavy atom. The number of hydrogen-bond donors (Lipinski definition) is 1. The minimum absolute atomic E-state index is 0.0684. The lowest BCUT2D eigenvalue weighted by Crippen LogP contribution is -2.34. The van der Waals surface area contributed by atoms with Crippen LogP contribution in [0.3, 0.4) is 0 Å². The lowest BCUT2D eigenvalue weighted by Gasteiger charge is -2.25. The van der Waals surface area contributed by atoms with Gasteiger partial charge in [-0.1, -0.05) is 44.0 Å².